The average molecular weight is 286 g/mol. The van der Waals surface area contributed by atoms with Crippen molar-refractivity contribution in [3.8, 4) is 5.75 Å². The second-order valence-electron chi connectivity index (χ2n) is 4.24. The zero-order chi connectivity index (χ0) is 14.1. The first kappa shape index (κ1) is 15.8. The van der Waals surface area contributed by atoms with Gasteiger partial charge < -0.3 is 15.2 Å². The summed E-state index contributed by atoms with van der Waals surface area (Å²) < 4.78 is 5.38. The van der Waals surface area contributed by atoms with Crippen molar-refractivity contribution in [2.75, 3.05) is 19.8 Å². The van der Waals surface area contributed by atoms with Crippen LogP contribution >= 0.6 is 11.6 Å². The fourth-order valence-corrected chi connectivity index (χ4v) is 1.68. The molecule has 0 spiro atoms. The van der Waals surface area contributed by atoms with Crippen molar-refractivity contribution in [3.63, 3.8) is 0 Å². The largest absolute Gasteiger partial charge is 0.507 e. The van der Waals surface area contributed by atoms with Crippen LogP contribution < -0.4 is 5.32 Å². The van der Waals surface area contributed by atoms with Crippen LogP contribution in [0.2, 0.25) is 5.02 Å². The lowest BCUT2D eigenvalue weighted by Crippen LogP contribution is -2.25. The molecule has 1 rings (SSSR count). The highest BCUT2D eigenvalue weighted by atomic mass is 35.5. The van der Waals surface area contributed by atoms with Gasteiger partial charge in [-0.1, -0.05) is 24.9 Å². The number of hydrogen-bond acceptors (Lipinski definition) is 3. The maximum absolute atomic E-state index is 11.8. The maximum atomic E-state index is 11.8. The predicted molar refractivity (Wildman–Crippen MR) is 75.8 cm³/mol. The summed E-state index contributed by atoms with van der Waals surface area (Å²) in [7, 11) is 0. The molecule has 0 saturated heterocycles. The van der Waals surface area contributed by atoms with E-state index in [0.717, 1.165) is 25.9 Å². The minimum absolute atomic E-state index is 0.107. The van der Waals surface area contributed by atoms with Gasteiger partial charge in [-0.05, 0) is 31.0 Å². The summed E-state index contributed by atoms with van der Waals surface area (Å²) in [6.45, 7) is 4.03. The van der Waals surface area contributed by atoms with Crippen LogP contribution in [0, 0.1) is 0 Å². The van der Waals surface area contributed by atoms with Crippen LogP contribution in [0.15, 0.2) is 18.2 Å². The number of nitrogens with one attached hydrogen (secondary N) is 1. The molecule has 0 atom stereocenters. The molecule has 19 heavy (non-hydrogen) atoms. The Hall–Kier alpha value is -1.26. The number of benzene rings is 1. The molecule has 0 unspecified atom stereocenters. The molecule has 1 aromatic carbocycles. The molecule has 0 radical (unpaired) electrons. The van der Waals surface area contributed by atoms with Gasteiger partial charge in [0.05, 0.1) is 5.56 Å². The van der Waals surface area contributed by atoms with E-state index in [1.165, 1.54) is 12.1 Å². The summed E-state index contributed by atoms with van der Waals surface area (Å²) in [5.74, 6) is -0.410. The summed E-state index contributed by atoms with van der Waals surface area (Å²) in [6, 6.07) is 4.43. The van der Waals surface area contributed by atoms with Crippen LogP contribution in [0.1, 0.15) is 36.5 Å². The lowest BCUT2D eigenvalue weighted by atomic mass is 10.2. The number of unbranched alkanes of at least 4 members (excludes halogenated alkanes) is 1. The molecule has 0 aliphatic heterocycles. The third-order valence-corrected chi connectivity index (χ3v) is 2.83. The van der Waals surface area contributed by atoms with Crippen molar-refractivity contribution in [1.82, 2.24) is 5.32 Å². The molecule has 0 aromatic heterocycles. The third kappa shape index (κ3) is 5.94. The number of carbonyl (C=O) groups is 1. The van der Waals surface area contributed by atoms with Crippen molar-refractivity contribution >= 4 is 17.5 Å². The number of rotatable bonds is 8. The van der Waals surface area contributed by atoms with E-state index in [-0.39, 0.29) is 17.2 Å². The van der Waals surface area contributed by atoms with E-state index < -0.39 is 0 Å². The molecule has 0 aliphatic rings. The Morgan fingerprint density at radius 2 is 2.11 bits per heavy atom. The van der Waals surface area contributed by atoms with Gasteiger partial charge in [-0.2, -0.15) is 0 Å². The summed E-state index contributed by atoms with van der Waals surface area (Å²) in [4.78, 5) is 11.8. The molecule has 0 heterocycles. The molecular formula is C14H20ClNO3. The number of phenolic OH excluding ortho intramolecular Hbond substituents is 1. The second kappa shape index (κ2) is 8.77. The molecule has 1 amide bonds. The van der Waals surface area contributed by atoms with Crippen molar-refractivity contribution in [3.05, 3.63) is 28.8 Å². The van der Waals surface area contributed by atoms with E-state index in [1.807, 2.05) is 0 Å². The topological polar surface area (TPSA) is 58.6 Å². The number of halogens is 1. The first-order valence-corrected chi connectivity index (χ1v) is 6.87. The minimum atomic E-state index is -0.303. The van der Waals surface area contributed by atoms with E-state index in [2.05, 4.69) is 12.2 Å². The summed E-state index contributed by atoms with van der Waals surface area (Å²) in [5.41, 5.74) is 0.233. The highest BCUT2D eigenvalue weighted by Crippen LogP contribution is 2.21. The molecule has 1 aromatic rings. The van der Waals surface area contributed by atoms with Crippen molar-refractivity contribution in [2.24, 2.45) is 0 Å². The Morgan fingerprint density at radius 3 is 2.79 bits per heavy atom. The van der Waals surface area contributed by atoms with Gasteiger partial charge in [0.2, 0.25) is 0 Å². The van der Waals surface area contributed by atoms with Gasteiger partial charge in [-0.3, -0.25) is 4.79 Å². The highest BCUT2D eigenvalue weighted by molar-refractivity contribution is 6.30. The smallest absolute Gasteiger partial charge is 0.255 e. The van der Waals surface area contributed by atoms with E-state index >= 15 is 0 Å². The Labute approximate surface area is 118 Å². The standard InChI is InChI=1S/C14H20ClNO3/c1-2-3-8-19-9-4-7-16-14(18)12-6-5-11(15)10-13(12)17/h5-6,10,17H,2-4,7-9H2,1H3,(H,16,18). The van der Waals surface area contributed by atoms with Gasteiger partial charge in [-0.25, -0.2) is 0 Å². The van der Waals surface area contributed by atoms with Crippen LogP contribution in [-0.4, -0.2) is 30.8 Å². The third-order valence-electron chi connectivity index (χ3n) is 2.60. The number of aromatic hydroxyl groups is 1. The van der Waals surface area contributed by atoms with Gasteiger partial charge in [-0.15, -0.1) is 0 Å². The number of hydrogen-bond donors (Lipinski definition) is 2. The zero-order valence-electron chi connectivity index (χ0n) is 11.1. The minimum Gasteiger partial charge on any atom is -0.507 e. The predicted octanol–water partition coefficient (Wildman–Crippen LogP) is 2.98. The highest BCUT2D eigenvalue weighted by Gasteiger charge is 2.10. The average Bonchev–Trinajstić information content (AvgIpc) is 2.37. The monoisotopic (exact) mass is 285 g/mol. The number of phenols is 1. The Balaban J connectivity index is 2.24. The van der Waals surface area contributed by atoms with Crippen molar-refractivity contribution < 1.29 is 14.6 Å². The van der Waals surface area contributed by atoms with Crippen LogP contribution in [0.3, 0.4) is 0 Å². The fraction of sp³-hybridized carbons (Fsp3) is 0.500. The van der Waals surface area contributed by atoms with Crippen LogP contribution in [-0.2, 0) is 4.74 Å². The molecule has 5 heteroatoms. The molecule has 4 nitrogen and oxygen atoms in total. The van der Waals surface area contributed by atoms with Gasteiger partial charge in [0.25, 0.3) is 5.91 Å². The lowest BCUT2D eigenvalue weighted by molar-refractivity contribution is 0.0938. The molecule has 106 valence electrons. The number of carbonyl (C=O) groups excluding carboxylic acids is 1. The van der Waals surface area contributed by atoms with Gasteiger partial charge in [0, 0.05) is 24.8 Å². The van der Waals surface area contributed by atoms with E-state index in [4.69, 9.17) is 16.3 Å². The van der Waals surface area contributed by atoms with Gasteiger partial charge >= 0.3 is 0 Å². The van der Waals surface area contributed by atoms with Crippen molar-refractivity contribution in [1.29, 1.82) is 0 Å². The molecule has 0 fully saturated rings. The Bertz CT molecular complexity index is 410. The molecule has 0 bridgehead atoms. The SMILES string of the molecule is CCCCOCCCNC(=O)c1ccc(Cl)cc1O. The summed E-state index contributed by atoms with van der Waals surface area (Å²) in [6.07, 6.45) is 2.93. The van der Waals surface area contributed by atoms with E-state index in [9.17, 15) is 9.90 Å². The van der Waals surface area contributed by atoms with E-state index in [1.54, 1.807) is 6.07 Å². The Morgan fingerprint density at radius 1 is 1.37 bits per heavy atom. The van der Waals surface area contributed by atoms with Gasteiger partial charge in [0.1, 0.15) is 5.75 Å². The van der Waals surface area contributed by atoms with Crippen LogP contribution in [0.5, 0.6) is 5.75 Å². The second-order valence-corrected chi connectivity index (χ2v) is 4.67. The van der Waals surface area contributed by atoms with E-state index in [0.29, 0.717) is 18.2 Å². The summed E-state index contributed by atoms with van der Waals surface area (Å²) in [5, 5.41) is 12.7. The number of amides is 1. The van der Waals surface area contributed by atoms with Crippen LogP contribution in [0.4, 0.5) is 0 Å². The first-order chi connectivity index (χ1) is 9.15. The zero-order valence-corrected chi connectivity index (χ0v) is 11.9. The lowest BCUT2D eigenvalue weighted by Gasteiger charge is -2.07. The quantitative estimate of drug-likeness (QED) is 0.722. The molecule has 2 N–H and O–H groups in total. The summed E-state index contributed by atoms with van der Waals surface area (Å²) >= 11 is 5.70. The molecule has 0 saturated carbocycles. The first-order valence-electron chi connectivity index (χ1n) is 6.49. The maximum Gasteiger partial charge on any atom is 0.255 e. The Kier molecular flexibility index (Phi) is 7.30. The van der Waals surface area contributed by atoms with Gasteiger partial charge in [0.15, 0.2) is 0 Å². The molecular weight excluding hydrogens is 266 g/mol. The normalized spacial score (nSPS) is 10.4. The van der Waals surface area contributed by atoms with Crippen LogP contribution in [0.25, 0.3) is 0 Å². The van der Waals surface area contributed by atoms with Crippen molar-refractivity contribution in [2.45, 2.75) is 26.2 Å². The molecule has 0 aliphatic carbocycles. The fourth-order valence-electron chi connectivity index (χ4n) is 1.52. The number of ether oxygens (including phenoxy) is 1.